The van der Waals surface area contributed by atoms with Crippen molar-refractivity contribution in [3.63, 3.8) is 0 Å². The van der Waals surface area contributed by atoms with Gasteiger partial charge >= 0.3 is 0 Å². The van der Waals surface area contributed by atoms with Crippen LogP contribution in [0.1, 0.15) is 20.8 Å². The van der Waals surface area contributed by atoms with Gasteiger partial charge in [-0.25, -0.2) is 0 Å². The minimum absolute atomic E-state index is 0.216. The van der Waals surface area contributed by atoms with E-state index in [-0.39, 0.29) is 5.41 Å². The molecule has 0 spiro atoms. The fraction of sp³-hybridized carbons (Fsp3) is 0.273. The third-order valence-corrected chi connectivity index (χ3v) is 9.88. The van der Waals surface area contributed by atoms with E-state index in [1.807, 2.05) is 0 Å². The molecule has 2 aromatic rings. The standard InChI is InChI=1S/C22H26Si/c1-22(2,3)18-15-16-21(17-18)23(4,19-11-7-5-8-12-19)20-13-9-6-10-14-20/h5-17,21H,1-4H3. The van der Waals surface area contributed by atoms with Gasteiger partial charge in [0, 0.05) is 0 Å². The van der Waals surface area contributed by atoms with Crippen molar-refractivity contribution in [1.29, 1.82) is 0 Å². The van der Waals surface area contributed by atoms with Crippen LogP contribution in [0.3, 0.4) is 0 Å². The van der Waals surface area contributed by atoms with Crippen LogP contribution >= 0.6 is 0 Å². The molecule has 0 radical (unpaired) electrons. The molecule has 118 valence electrons. The molecule has 0 nitrogen and oxygen atoms in total. The molecule has 0 heterocycles. The Hall–Kier alpha value is -1.86. The van der Waals surface area contributed by atoms with E-state index < -0.39 is 8.07 Å². The first-order chi connectivity index (χ1) is 10.9. The number of hydrogen-bond acceptors (Lipinski definition) is 0. The van der Waals surface area contributed by atoms with Gasteiger partial charge in [-0.15, -0.1) is 0 Å². The molecule has 1 aliphatic rings. The molecule has 1 atom stereocenters. The van der Waals surface area contributed by atoms with Crippen molar-refractivity contribution in [2.45, 2.75) is 32.9 Å². The Balaban J connectivity index is 2.12. The van der Waals surface area contributed by atoms with Gasteiger partial charge in [0.25, 0.3) is 0 Å². The zero-order chi connectivity index (χ0) is 16.5. The molecule has 2 aromatic carbocycles. The zero-order valence-electron chi connectivity index (χ0n) is 14.6. The lowest BCUT2D eigenvalue weighted by atomic mass is 9.87. The smallest absolute Gasteiger partial charge is 0.0794 e. The molecule has 0 aliphatic heterocycles. The Kier molecular flexibility index (Phi) is 4.16. The Bertz CT molecular complexity index is 678. The molecular weight excluding hydrogens is 292 g/mol. The Morgan fingerprint density at radius 2 is 1.26 bits per heavy atom. The first kappa shape index (κ1) is 16.0. The summed E-state index contributed by atoms with van der Waals surface area (Å²) in [5, 5.41) is 3.01. The molecule has 3 rings (SSSR count). The van der Waals surface area contributed by atoms with E-state index >= 15 is 0 Å². The number of benzene rings is 2. The highest BCUT2D eigenvalue weighted by molar-refractivity contribution is 7.03. The van der Waals surface area contributed by atoms with Gasteiger partial charge in [-0.05, 0) is 16.5 Å². The summed E-state index contributed by atoms with van der Waals surface area (Å²) in [7, 11) is -1.85. The highest BCUT2D eigenvalue weighted by atomic mass is 28.3. The molecule has 1 heteroatoms. The van der Waals surface area contributed by atoms with E-state index in [4.69, 9.17) is 0 Å². The summed E-state index contributed by atoms with van der Waals surface area (Å²) in [6.07, 6.45) is 7.31. The van der Waals surface area contributed by atoms with E-state index in [0.29, 0.717) is 5.54 Å². The molecular formula is C22H26Si. The summed E-state index contributed by atoms with van der Waals surface area (Å²) in [4.78, 5) is 0. The van der Waals surface area contributed by atoms with Crippen molar-refractivity contribution in [3.8, 4) is 0 Å². The molecule has 1 aliphatic carbocycles. The molecule has 0 aromatic heterocycles. The van der Waals surface area contributed by atoms with Crippen molar-refractivity contribution in [3.05, 3.63) is 84.5 Å². The maximum atomic E-state index is 2.52. The van der Waals surface area contributed by atoms with Crippen molar-refractivity contribution in [2.24, 2.45) is 5.41 Å². The second-order valence-corrected chi connectivity index (χ2v) is 11.9. The third-order valence-electron chi connectivity index (χ3n) is 5.12. The predicted molar refractivity (Wildman–Crippen MR) is 104 cm³/mol. The predicted octanol–water partition coefficient (Wildman–Crippen LogP) is 4.79. The van der Waals surface area contributed by atoms with Gasteiger partial charge in [0.05, 0.1) is 0 Å². The average Bonchev–Trinajstić information content (AvgIpc) is 3.06. The molecule has 0 saturated carbocycles. The van der Waals surface area contributed by atoms with E-state index in [2.05, 4.69) is 106 Å². The lowest BCUT2D eigenvalue weighted by Gasteiger charge is -2.33. The number of hydrogen-bond donors (Lipinski definition) is 0. The summed E-state index contributed by atoms with van der Waals surface area (Å²) < 4.78 is 0. The highest BCUT2D eigenvalue weighted by Gasteiger charge is 2.39. The maximum Gasteiger partial charge on any atom is 0.125 e. The van der Waals surface area contributed by atoms with Gasteiger partial charge in [0.15, 0.2) is 0 Å². The fourth-order valence-electron chi connectivity index (χ4n) is 3.49. The molecule has 23 heavy (non-hydrogen) atoms. The van der Waals surface area contributed by atoms with E-state index in [1.54, 1.807) is 0 Å². The second-order valence-electron chi connectivity index (χ2n) is 7.69. The largest absolute Gasteiger partial charge is 0.125 e. The summed E-state index contributed by atoms with van der Waals surface area (Å²) in [6, 6.07) is 22.2. The van der Waals surface area contributed by atoms with Crippen LogP contribution in [0.15, 0.2) is 84.5 Å². The molecule has 1 unspecified atom stereocenters. The topological polar surface area (TPSA) is 0 Å². The van der Waals surface area contributed by atoms with Crippen molar-refractivity contribution < 1.29 is 0 Å². The minimum Gasteiger partial charge on any atom is -0.0794 e. The third kappa shape index (κ3) is 2.98. The van der Waals surface area contributed by atoms with Crippen molar-refractivity contribution >= 4 is 18.4 Å². The first-order valence-corrected chi connectivity index (χ1v) is 11.0. The van der Waals surface area contributed by atoms with Gasteiger partial charge in [0.1, 0.15) is 8.07 Å². The molecule has 0 saturated heterocycles. The fourth-order valence-corrected chi connectivity index (χ4v) is 7.36. The van der Waals surface area contributed by atoms with Crippen LogP contribution in [0.4, 0.5) is 0 Å². The molecule has 0 amide bonds. The molecule has 0 fully saturated rings. The minimum atomic E-state index is -1.85. The Morgan fingerprint density at radius 3 is 1.65 bits per heavy atom. The Morgan fingerprint density at radius 1 is 0.783 bits per heavy atom. The lowest BCUT2D eigenvalue weighted by molar-refractivity contribution is 0.518. The van der Waals surface area contributed by atoms with Gasteiger partial charge in [-0.1, -0.05) is 117 Å². The number of rotatable bonds is 3. The Labute approximate surface area is 141 Å². The van der Waals surface area contributed by atoms with Gasteiger partial charge in [-0.2, -0.15) is 0 Å². The van der Waals surface area contributed by atoms with E-state index in [1.165, 1.54) is 15.9 Å². The summed E-state index contributed by atoms with van der Waals surface area (Å²) in [6.45, 7) is 9.41. The maximum absolute atomic E-state index is 2.52. The van der Waals surface area contributed by atoms with Crippen molar-refractivity contribution in [1.82, 2.24) is 0 Å². The number of allylic oxidation sites excluding steroid dienone is 4. The monoisotopic (exact) mass is 318 g/mol. The summed E-state index contributed by atoms with van der Waals surface area (Å²) in [5.41, 5.74) is 2.20. The van der Waals surface area contributed by atoms with Gasteiger partial charge < -0.3 is 0 Å². The lowest BCUT2D eigenvalue weighted by Crippen LogP contribution is -2.58. The van der Waals surface area contributed by atoms with E-state index in [0.717, 1.165) is 0 Å². The normalized spacial score (nSPS) is 18.1. The van der Waals surface area contributed by atoms with Crippen LogP contribution in [0.2, 0.25) is 12.1 Å². The average molecular weight is 319 g/mol. The highest BCUT2D eigenvalue weighted by Crippen LogP contribution is 2.38. The zero-order valence-corrected chi connectivity index (χ0v) is 15.6. The van der Waals surface area contributed by atoms with Crippen molar-refractivity contribution in [2.75, 3.05) is 0 Å². The van der Waals surface area contributed by atoms with Crippen LogP contribution in [0.25, 0.3) is 0 Å². The van der Waals surface area contributed by atoms with Crippen LogP contribution < -0.4 is 10.4 Å². The van der Waals surface area contributed by atoms with Gasteiger partial charge in [0.2, 0.25) is 0 Å². The summed E-state index contributed by atoms with van der Waals surface area (Å²) >= 11 is 0. The summed E-state index contributed by atoms with van der Waals surface area (Å²) in [5.74, 6) is 0. The SMILES string of the molecule is CC(C)(C)C1=CC([Si](C)(c2ccccc2)c2ccccc2)C=C1. The van der Waals surface area contributed by atoms with Crippen LogP contribution in [-0.4, -0.2) is 8.07 Å². The van der Waals surface area contributed by atoms with Crippen LogP contribution in [-0.2, 0) is 0 Å². The van der Waals surface area contributed by atoms with Crippen LogP contribution in [0.5, 0.6) is 0 Å². The quantitative estimate of drug-likeness (QED) is 0.714. The van der Waals surface area contributed by atoms with Gasteiger partial charge in [-0.3, -0.25) is 0 Å². The molecule has 0 N–H and O–H groups in total. The first-order valence-electron chi connectivity index (χ1n) is 8.44. The second kappa shape index (κ2) is 5.97. The molecule has 0 bridgehead atoms. The van der Waals surface area contributed by atoms with Crippen LogP contribution in [0, 0.1) is 5.41 Å². The van der Waals surface area contributed by atoms with E-state index in [9.17, 15) is 0 Å².